The van der Waals surface area contributed by atoms with E-state index in [1.807, 2.05) is 0 Å². The molecule has 14 heavy (non-hydrogen) atoms. The maximum absolute atomic E-state index is 5.87. The summed E-state index contributed by atoms with van der Waals surface area (Å²) in [5, 5.41) is 3.38. The lowest BCUT2D eigenvalue weighted by molar-refractivity contribution is -0.0952. The Morgan fingerprint density at radius 1 is 1.07 bits per heavy atom. The van der Waals surface area contributed by atoms with Gasteiger partial charge in [0.25, 0.3) is 0 Å². The van der Waals surface area contributed by atoms with Crippen LogP contribution >= 0.6 is 0 Å². The zero-order valence-corrected chi connectivity index (χ0v) is 9.77. The van der Waals surface area contributed by atoms with Gasteiger partial charge in [0.1, 0.15) is 0 Å². The van der Waals surface area contributed by atoms with Crippen LogP contribution in [0.5, 0.6) is 0 Å². The van der Waals surface area contributed by atoms with E-state index in [9.17, 15) is 0 Å². The topological polar surface area (TPSA) is 21.3 Å². The van der Waals surface area contributed by atoms with E-state index >= 15 is 0 Å². The Morgan fingerprint density at radius 2 is 1.71 bits per heavy atom. The van der Waals surface area contributed by atoms with Crippen molar-refractivity contribution >= 4 is 0 Å². The number of rotatable bonds is 0. The van der Waals surface area contributed by atoms with E-state index in [1.54, 1.807) is 0 Å². The van der Waals surface area contributed by atoms with Crippen LogP contribution in [0, 0.1) is 0 Å². The van der Waals surface area contributed by atoms with Gasteiger partial charge in [0.2, 0.25) is 0 Å². The van der Waals surface area contributed by atoms with Crippen LogP contribution in [0.4, 0.5) is 0 Å². The molecule has 0 aliphatic carbocycles. The minimum Gasteiger partial charge on any atom is -0.375 e. The van der Waals surface area contributed by atoms with E-state index in [-0.39, 0.29) is 0 Å². The Kier molecular flexibility index (Phi) is 5.49. The first kappa shape index (κ1) is 12.0. The molecular weight excluding hydrogens is 174 g/mol. The molecule has 2 heterocycles. The van der Waals surface area contributed by atoms with Crippen LogP contribution in [0.3, 0.4) is 0 Å². The average molecular weight is 199 g/mol. The molecule has 2 heteroatoms. The van der Waals surface area contributed by atoms with Crippen LogP contribution < -0.4 is 5.32 Å². The molecule has 2 rings (SSSR count). The zero-order valence-electron chi connectivity index (χ0n) is 9.77. The molecule has 0 unspecified atom stereocenters. The molecule has 2 aliphatic heterocycles. The van der Waals surface area contributed by atoms with Gasteiger partial charge in [0, 0.05) is 6.61 Å². The maximum Gasteiger partial charge on any atom is 0.0706 e. The fourth-order valence-electron chi connectivity index (χ4n) is 2.19. The first-order valence-electron chi connectivity index (χ1n) is 6.17. The summed E-state index contributed by atoms with van der Waals surface area (Å²) < 4.78 is 5.87. The van der Waals surface area contributed by atoms with Crippen LogP contribution in [0.2, 0.25) is 0 Å². The fraction of sp³-hybridized carbons (Fsp3) is 1.00. The van der Waals surface area contributed by atoms with Gasteiger partial charge in [-0.2, -0.15) is 0 Å². The summed E-state index contributed by atoms with van der Waals surface area (Å²) >= 11 is 0. The summed E-state index contributed by atoms with van der Waals surface area (Å²) in [5.41, 5.74) is 0.295. The second-order valence-electron chi connectivity index (χ2n) is 4.45. The van der Waals surface area contributed by atoms with Gasteiger partial charge in [-0.15, -0.1) is 0 Å². The Hall–Kier alpha value is -0.0800. The van der Waals surface area contributed by atoms with Crippen molar-refractivity contribution in [1.82, 2.24) is 5.32 Å². The lowest BCUT2D eigenvalue weighted by Gasteiger charge is -2.40. The van der Waals surface area contributed by atoms with E-state index < -0.39 is 0 Å². The van der Waals surface area contributed by atoms with Gasteiger partial charge in [-0.05, 0) is 45.2 Å². The molecule has 0 amide bonds. The van der Waals surface area contributed by atoms with Gasteiger partial charge in [0.15, 0.2) is 0 Å². The predicted molar refractivity (Wildman–Crippen MR) is 60.6 cm³/mol. The second-order valence-corrected chi connectivity index (χ2v) is 4.45. The van der Waals surface area contributed by atoms with Crippen LogP contribution in [0.25, 0.3) is 0 Å². The van der Waals surface area contributed by atoms with E-state index in [1.165, 1.54) is 38.5 Å². The van der Waals surface area contributed by atoms with Crippen LogP contribution in [-0.2, 0) is 4.74 Å². The predicted octanol–water partition coefficient (Wildman–Crippen LogP) is 2.73. The van der Waals surface area contributed by atoms with Crippen LogP contribution in [0.15, 0.2) is 0 Å². The van der Waals surface area contributed by atoms with Crippen molar-refractivity contribution in [1.29, 1.82) is 0 Å². The number of ether oxygens (including phenoxy) is 1. The molecule has 0 radical (unpaired) electrons. The average Bonchev–Trinajstić information content (AvgIpc) is 2.21. The number of hydrogen-bond donors (Lipinski definition) is 1. The Morgan fingerprint density at radius 3 is 2.21 bits per heavy atom. The summed E-state index contributed by atoms with van der Waals surface area (Å²) in [6.07, 6.45) is 7.66. The quantitative estimate of drug-likeness (QED) is 0.647. The third kappa shape index (κ3) is 3.58. The maximum atomic E-state index is 5.87. The highest BCUT2D eigenvalue weighted by molar-refractivity contribution is 4.87. The highest BCUT2D eigenvalue weighted by Gasteiger charge is 2.34. The third-order valence-electron chi connectivity index (χ3n) is 2.95. The van der Waals surface area contributed by atoms with Crippen molar-refractivity contribution in [2.45, 2.75) is 58.0 Å². The summed E-state index contributed by atoms with van der Waals surface area (Å²) in [7, 11) is 0. The largest absolute Gasteiger partial charge is 0.375 e. The molecule has 2 saturated heterocycles. The van der Waals surface area contributed by atoms with E-state index in [0.717, 1.165) is 19.7 Å². The summed E-state index contributed by atoms with van der Waals surface area (Å²) in [4.78, 5) is 0. The highest BCUT2D eigenvalue weighted by atomic mass is 16.5. The van der Waals surface area contributed by atoms with Crippen LogP contribution in [-0.4, -0.2) is 25.3 Å². The number of piperidine rings is 1. The molecule has 0 aromatic rings. The molecule has 84 valence electrons. The molecule has 0 aromatic carbocycles. The van der Waals surface area contributed by atoms with Crippen molar-refractivity contribution < 1.29 is 4.74 Å². The molecule has 1 N–H and O–H groups in total. The monoisotopic (exact) mass is 199 g/mol. The zero-order chi connectivity index (χ0) is 10.3. The minimum absolute atomic E-state index is 0.295. The van der Waals surface area contributed by atoms with Crippen molar-refractivity contribution in [3.63, 3.8) is 0 Å². The van der Waals surface area contributed by atoms with Gasteiger partial charge in [-0.1, -0.05) is 20.3 Å². The summed E-state index contributed by atoms with van der Waals surface area (Å²) in [6, 6.07) is 0. The van der Waals surface area contributed by atoms with Crippen LogP contribution in [0.1, 0.15) is 52.4 Å². The first-order valence-corrected chi connectivity index (χ1v) is 6.17. The van der Waals surface area contributed by atoms with Gasteiger partial charge >= 0.3 is 0 Å². The lowest BCUT2D eigenvalue weighted by atomic mass is 9.85. The van der Waals surface area contributed by atoms with Gasteiger partial charge < -0.3 is 10.1 Å². The van der Waals surface area contributed by atoms with Crippen molar-refractivity contribution in [3.05, 3.63) is 0 Å². The molecule has 0 atom stereocenters. The minimum atomic E-state index is 0.295. The van der Waals surface area contributed by atoms with E-state index in [2.05, 4.69) is 19.2 Å². The summed E-state index contributed by atoms with van der Waals surface area (Å²) in [6.45, 7) is 7.56. The van der Waals surface area contributed by atoms with Gasteiger partial charge in [-0.25, -0.2) is 0 Å². The Labute approximate surface area is 88.4 Å². The van der Waals surface area contributed by atoms with Crippen molar-refractivity contribution in [2.75, 3.05) is 19.7 Å². The Bertz CT molecular complexity index is 116. The van der Waals surface area contributed by atoms with Gasteiger partial charge in [-0.3, -0.25) is 0 Å². The lowest BCUT2D eigenvalue weighted by Crippen LogP contribution is -2.45. The van der Waals surface area contributed by atoms with E-state index in [0.29, 0.717) is 5.60 Å². The normalized spacial score (nSPS) is 25.3. The fourth-order valence-corrected chi connectivity index (χ4v) is 2.19. The second kappa shape index (κ2) is 6.41. The third-order valence-corrected chi connectivity index (χ3v) is 2.95. The highest BCUT2D eigenvalue weighted by Crippen LogP contribution is 2.32. The first-order chi connectivity index (χ1) is 6.83. The molecule has 2 fully saturated rings. The molecule has 1 spiro atoms. The Balaban J connectivity index is 0.000000293. The molecule has 0 aromatic heterocycles. The molecule has 0 bridgehead atoms. The molecular formula is C12H25NO. The molecule has 0 saturated carbocycles. The molecule has 2 aliphatic rings. The number of hydrogen-bond acceptors (Lipinski definition) is 2. The SMILES string of the molecule is C1CCC2(CCNCC2)OC1.CCC. The van der Waals surface area contributed by atoms with E-state index in [4.69, 9.17) is 4.74 Å². The number of nitrogens with one attached hydrogen (secondary N) is 1. The van der Waals surface area contributed by atoms with Gasteiger partial charge in [0.05, 0.1) is 5.60 Å². The standard InChI is InChI=1S/C9H17NO.C3H8/c1-2-8-11-9(3-1)4-6-10-7-5-9;1-3-2/h10H,1-8H2;3H2,1-2H3. The summed E-state index contributed by atoms with van der Waals surface area (Å²) in [5.74, 6) is 0. The van der Waals surface area contributed by atoms with Crippen molar-refractivity contribution in [3.8, 4) is 0 Å². The smallest absolute Gasteiger partial charge is 0.0706 e. The molecule has 2 nitrogen and oxygen atoms in total. The van der Waals surface area contributed by atoms with Crippen molar-refractivity contribution in [2.24, 2.45) is 0 Å².